The molecule has 3 fully saturated rings. The number of rotatable bonds is 4. The summed E-state index contributed by atoms with van der Waals surface area (Å²) in [4.78, 5) is 8.18. The molecule has 4 rings (SSSR count). The zero-order valence-electron chi connectivity index (χ0n) is 15.4. The number of piperidine rings is 1. The Morgan fingerprint density at radius 1 is 1.20 bits per heavy atom. The van der Waals surface area contributed by atoms with Crippen molar-refractivity contribution >= 4 is 11.9 Å². The predicted molar refractivity (Wildman–Crippen MR) is 100 cm³/mol. The molecule has 1 spiro atoms. The summed E-state index contributed by atoms with van der Waals surface area (Å²) in [6, 6.07) is 2.99. The van der Waals surface area contributed by atoms with Crippen LogP contribution in [0.25, 0.3) is 0 Å². The fourth-order valence-corrected chi connectivity index (χ4v) is 5.58. The lowest BCUT2D eigenvalue weighted by molar-refractivity contribution is -0.0664. The minimum atomic E-state index is 0.606. The van der Waals surface area contributed by atoms with E-state index in [9.17, 15) is 0 Å². The first-order chi connectivity index (χ1) is 12.2. The highest BCUT2D eigenvalue weighted by molar-refractivity contribution is 7.97. The summed E-state index contributed by atoms with van der Waals surface area (Å²) in [5.41, 5.74) is 1.79. The SMILES string of the molecule is COc1ncc(C)cc1SN1CCC2(CC1)CC(N1CCOCC1)C2. The number of methoxy groups -OCH3 is 1. The highest BCUT2D eigenvalue weighted by Crippen LogP contribution is 2.52. The monoisotopic (exact) mass is 363 g/mol. The van der Waals surface area contributed by atoms with E-state index in [-0.39, 0.29) is 0 Å². The summed E-state index contributed by atoms with van der Waals surface area (Å²) in [5.74, 6) is 0.743. The minimum absolute atomic E-state index is 0.606. The number of ether oxygens (including phenoxy) is 2. The second-order valence-corrected chi connectivity index (χ2v) is 8.89. The van der Waals surface area contributed by atoms with Crippen molar-refractivity contribution in [3.05, 3.63) is 17.8 Å². The Morgan fingerprint density at radius 2 is 1.92 bits per heavy atom. The molecule has 0 N–H and O–H groups in total. The molecule has 3 heterocycles. The minimum Gasteiger partial charge on any atom is -0.480 e. The van der Waals surface area contributed by atoms with E-state index in [4.69, 9.17) is 9.47 Å². The summed E-state index contributed by atoms with van der Waals surface area (Å²) in [7, 11) is 1.70. The van der Waals surface area contributed by atoms with Crippen molar-refractivity contribution in [1.29, 1.82) is 0 Å². The Labute approximate surface area is 155 Å². The second kappa shape index (κ2) is 7.43. The molecule has 138 valence electrons. The van der Waals surface area contributed by atoms with Crippen LogP contribution < -0.4 is 4.74 Å². The average Bonchev–Trinajstić information content (AvgIpc) is 2.62. The zero-order chi connectivity index (χ0) is 17.3. The summed E-state index contributed by atoms with van der Waals surface area (Å²) < 4.78 is 13.4. The van der Waals surface area contributed by atoms with Gasteiger partial charge in [-0.2, -0.15) is 0 Å². The molecule has 0 amide bonds. The lowest BCUT2D eigenvalue weighted by Crippen LogP contribution is -2.56. The molecule has 1 aromatic rings. The molecule has 0 radical (unpaired) electrons. The molecule has 0 atom stereocenters. The first-order valence-corrected chi connectivity index (χ1v) is 10.2. The topological polar surface area (TPSA) is 37.8 Å². The Balaban J connectivity index is 1.29. The lowest BCUT2D eigenvalue weighted by atomic mass is 9.60. The number of nitrogens with zero attached hydrogens (tertiary/aromatic N) is 3. The van der Waals surface area contributed by atoms with Crippen molar-refractivity contribution in [2.75, 3.05) is 46.5 Å². The van der Waals surface area contributed by atoms with Crippen LogP contribution in [0.2, 0.25) is 0 Å². The number of aromatic nitrogens is 1. The van der Waals surface area contributed by atoms with Crippen LogP contribution in [0.1, 0.15) is 31.2 Å². The Bertz CT molecular complexity index is 590. The molecule has 2 saturated heterocycles. The summed E-state index contributed by atoms with van der Waals surface area (Å²) >= 11 is 1.81. The summed E-state index contributed by atoms with van der Waals surface area (Å²) in [5, 5.41) is 0. The van der Waals surface area contributed by atoms with Crippen molar-refractivity contribution in [1.82, 2.24) is 14.2 Å². The average molecular weight is 364 g/mol. The van der Waals surface area contributed by atoms with Gasteiger partial charge in [-0.15, -0.1) is 0 Å². The van der Waals surface area contributed by atoms with E-state index in [0.717, 1.165) is 56.2 Å². The van der Waals surface area contributed by atoms with Gasteiger partial charge < -0.3 is 9.47 Å². The van der Waals surface area contributed by atoms with Gasteiger partial charge in [0.15, 0.2) is 0 Å². The van der Waals surface area contributed by atoms with Crippen molar-refractivity contribution in [2.45, 2.75) is 43.5 Å². The Hall–Kier alpha value is -0.820. The largest absolute Gasteiger partial charge is 0.480 e. The van der Waals surface area contributed by atoms with Crippen LogP contribution in [-0.2, 0) is 4.74 Å². The lowest BCUT2D eigenvalue weighted by Gasteiger charge is -2.55. The first-order valence-electron chi connectivity index (χ1n) is 9.43. The van der Waals surface area contributed by atoms with Crippen LogP contribution in [-0.4, -0.2) is 66.7 Å². The third kappa shape index (κ3) is 3.82. The van der Waals surface area contributed by atoms with Gasteiger partial charge in [-0.3, -0.25) is 4.90 Å². The fourth-order valence-electron chi connectivity index (χ4n) is 4.49. The van der Waals surface area contributed by atoms with E-state index in [1.807, 2.05) is 18.1 Å². The molecule has 1 saturated carbocycles. The molecule has 0 bridgehead atoms. The number of pyridine rings is 1. The van der Waals surface area contributed by atoms with Crippen LogP contribution >= 0.6 is 11.9 Å². The van der Waals surface area contributed by atoms with Crippen molar-refractivity contribution in [3.8, 4) is 5.88 Å². The van der Waals surface area contributed by atoms with Gasteiger partial charge in [-0.25, -0.2) is 9.29 Å². The van der Waals surface area contributed by atoms with Gasteiger partial charge in [-0.1, -0.05) is 0 Å². The van der Waals surface area contributed by atoms with Crippen LogP contribution in [0.4, 0.5) is 0 Å². The molecule has 0 unspecified atom stereocenters. The molecule has 25 heavy (non-hydrogen) atoms. The van der Waals surface area contributed by atoms with Gasteiger partial charge in [0.2, 0.25) is 5.88 Å². The Morgan fingerprint density at radius 3 is 2.60 bits per heavy atom. The second-order valence-electron chi connectivity index (χ2n) is 7.75. The number of morpholine rings is 1. The molecule has 5 nitrogen and oxygen atoms in total. The zero-order valence-corrected chi connectivity index (χ0v) is 16.2. The maximum atomic E-state index is 5.49. The summed E-state index contributed by atoms with van der Waals surface area (Å²) in [6.07, 6.45) is 7.29. The molecular formula is C19H29N3O2S. The molecule has 1 aromatic heterocycles. The van der Waals surface area contributed by atoms with Gasteiger partial charge in [0.05, 0.1) is 25.2 Å². The Kier molecular flexibility index (Phi) is 5.23. The highest BCUT2D eigenvalue weighted by atomic mass is 32.2. The number of hydrogen-bond donors (Lipinski definition) is 0. The van der Waals surface area contributed by atoms with Crippen LogP contribution in [0.15, 0.2) is 17.2 Å². The van der Waals surface area contributed by atoms with E-state index in [1.54, 1.807) is 7.11 Å². The molecule has 3 aliphatic rings. The maximum absolute atomic E-state index is 5.49. The van der Waals surface area contributed by atoms with Crippen molar-refractivity contribution < 1.29 is 9.47 Å². The van der Waals surface area contributed by atoms with Gasteiger partial charge in [-0.05, 0) is 61.6 Å². The molecular weight excluding hydrogens is 334 g/mol. The first kappa shape index (κ1) is 17.6. The van der Waals surface area contributed by atoms with Crippen molar-refractivity contribution in [2.24, 2.45) is 5.41 Å². The van der Waals surface area contributed by atoms with Crippen molar-refractivity contribution in [3.63, 3.8) is 0 Å². The van der Waals surface area contributed by atoms with E-state index < -0.39 is 0 Å². The van der Waals surface area contributed by atoms with Crippen LogP contribution in [0, 0.1) is 12.3 Å². The highest BCUT2D eigenvalue weighted by Gasteiger charge is 2.47. The summed E-state index contributed by atoms with van der Waals surface area (Å²) in [6.45, 7) is 8.50. The predicted octanol–water partition coefficient (Wildman–Crippen LogP) is 2.98. The van der Waals surface area contributed by atoms with Gasteiger partial charge >= 0.3 is 0 Å². The maximum Gasteiger partial charge on any atom is 0.228 e. The molecule has 0 aromatic carbocycles. The van der Waals surface area contributed by atoms with Gasteiger partial charge in [0, 0.05) is 38.4 Å². The quantitative estimate of drug-likeness (QED) is 0.766. The molecule has 2 aliphatic heterocycles. The van der Waals surface area contributed by atoms with E-state index in [1.165, 1.54) is 31.2 Å². The molecule has 1 aliphatic carbocycles. The normalized spacial score (nSPS) is 25.0. The standard InChI is InChI=1S/C19H29N3O2S/c1-15-11-17(18(23-2)20-14-15)25-22-5-3-19(4-6-22)12-16(13-19)21-7-9-24-10-8-21/h11,14,16H,3-10,12-13H2,1-2H3. The molecule has 6 heteroatoms. The number of hydrogen-bond acceptors (Lipinski definition) is 6. The van der Waals surface area contributed by atoms with E-state index in [0.29, 0.717) is 5.41 Å². The van der Waals surface area contributed by atoms with E-state index >= 15 is 0 Å². The number of aryl methyl sites for hydroxylation is 1. The van der Waals surface area contributed by atoms with E-state index in [2.05, 4.69) is 27.2 Å². The fraction of sp³-hybridized carbons (Fsp3) is 0.737. The third-order valence-electron chi connectivity index (χ3n) is 6.06. The van der Waals surface area contributed by atoms with Crippen LogP contribution in [0.5, 0.6) is 5.88 Å². The smallest absolute Gasteiger partial charge is 0.228 e. The van der Waals surface area contributed by atoms with Gasteiger partial charge in [0.1, 0.15) is 0 Å². The third-order valence-corrected chi connectivity index (χ3v) is 7.17. The van der Waals surface area contributed by atoms with Crippen LogP contribution in [0.3, 0.4) is 0 Å². The van der Waals surface area contributed by atoms with Gasteiger partial charge in [0.25, 0.3) is 0 Å².